The number of carbonyl (C=O) groups is 2. The highest BCUT2D eigenvalue weighted by atomic mass is 32.1. The topological polar surface area (TPSA) is 118 Å². The number of H-pyrrole nitrogens is 1. The van der Waals surface area contributed by atoms with Gasteiger partial charge in [-0.05, 0) is 54.7 Å². The maximum absolute atomic E-state index is 12.6. The Hall–Kier alpha value is -4.44. The summed E-state index contributed by atoms with van der Waals surface area (Å²) < 4.78 is 12.6. The summed E-state index contributed by atoms with van der Waals surface area (Å²) in [5.74, 6) is -0.0759. The van der Waals surface area contributed by atoms with Crippen molar-refractivity contribution in [2.75, 3.05) is 0 Å². The van der Waals surface area contributed by atoms with Crippen LogP contribution >= 0.6 is 12.2 Å². The number of ether oxygens (including phenoxy) is 1. The summed E-state index contributed by atoms with van der Waals surface area (Å²) in [7, 11) is 0. The minimum atomic E-state index is -0.633. The van der Waals surface area contributed by atoms with E-state index in [-0.39, 0.29) is 34.8 Å². The van der Waals surface area contributed by atoms with Crippen LogP contribution in [-0.4, -0.2) is 21.4 Å². The molecule has 0 unspecified atom stereocenters. The fraction of sp³-hybridized carbons (Fsp3) is 0.0833. The summed E-state index contributed by atoms with van der Waals surface area (Å²) >= 11 is 5.21. The van der Waals surface area contributed by atoms with Crippen molar-refractivity contribution in [1.29, 1.82) is 0 Å². The zero-order valence-corrected chi connectivity index (χ0v) is 18.7. The van der Waals surface area contributed by atoms with Gasteiger partial charge in [-0.15, -0.1) is 6.58 Å². The molecule has 3 N–H and O–H groups in total. The second kappa shape index (κ2) is 10.0. The van der Waals surface area contributed by atoms with E-state index in [9.17, 15) is 14.4 Å². The minimum Gasteiger partial charge on any atom is -0.486 e. The van der Waals surface area contributed by atoms with E-state index < -0.39 is 11.8 Å². The lowest BCUT2D eigenvalue weighted by molar-refractivity contribution is 0.0828. The van der Waals surface area contributed by atoms with Gasteiger partial charge in [-0.2, -0.15) is 0 Å². The molecule has 0 aliphatic heterocycles. The largest absolute Gasteiger partial charge is 0.486 e. The smallest absolute Gasteiger partial charge is 0.305 e. The first-order chi connectivity index (χ1) is 16.5. The van der Waals surface area contributed by atoms with Crippen molar-refractivity contribution >= 4 is 34.9 Å². The van der Waals surface area contributed by atoms with Crippen LogP contribution in [0.25, 0.3) is 10.9 Å². The van der Waals surface area contributed by atoms with Gasteiger partial charge in [0.25, 0.3) is 11.5 Å². The number of nitrogens with one attached hydrogen (secondary N) is 3. The molecule has 172 valence electrons. The van der Waals surface area contributed by atoms with Crippen molar-refractivity contribution in [3.8, 4) is 5.75 Å². The predicted molar refractivity (Wildman–Crippen MR) is 128 cm³/mol. The van der Waals surface area contributed by atoms with Gasteiger partial charge >= 0.3 is 5.91 Å². The molecule has 2 heterocycles. The van der Waals surface area contributed by atoms with Crippen molar-refractivity contribution in [2.24, 2.45) is 0 Å². The first-order valence-electron chi connectivity index (χ1n) is 10.2. The van der Waals surface area contributed by atoms with Crippen LogP contribution in [0.5, 0.6) is 5.75 Å². The molecule has 0 fully saturated rings. The van der Waals surface area contributed by atoms with Gasteiger partial charge in [0, 0.05) is 12.1 Å². The monoisotopic (exact) mass is 476 g/mol. The standard InChI is InChI=1S/C24H20N4O5S/c1-2-12-28-23(31)18-10-8-15(13-19(18)25-24(28)34)21(29)26-27-22(30)20-11-9-17(33-20)14-32-16-6-4-3-5-7-16/h2-11,13H,1,12,14H2,(H,25,34)(H,26,29)(H,27,30). The highest BCUT2D eigenvalue weighted by Crippen LogP contribution is 2.14. The van der Waals surface area contributed by atoms with Gasteiger partial charge in [-0.3, -0.25) is 29.8 Å². The number of amides is 2. The fourth-order valence-corrected chi connectivity index (χ4v) is 3.45. The molecular weight excluding hydrogens is 456 g/mol. The average Bonchev–Trinajstić information content (AvgIpc) is 3.33. The number of rotatable bonds is 7. The molecule has 34 heavy (non-hydrogen) atoms. The van der Waals surface area contributed by atoms with Crippen LogP contribution in [0.4, 0.5) is 0 Å². The number of benzene rings is 2. The summed E-state index contributed by atoms with van der Waals surface area (Å²) in [5.41, 5.74) is 4.96. The molecule has 0 aliphatic carbocycles. The third-order valence-electron chi connectivity index (χ3n) is 4.86. The number of nitrogens with zero attached hydrogens (tertiary/aromatic N) is 1. The maximum Gasteiger partial charge on any atom is 0.305 e. The molecule has 2 aromatic carbocycles. The highest BCUT2D eigenvalue weighted by molar-refractivity contribution is 7.71. The molecule has 4 rings (SSSR count). The number of fused-ring (bicyclic) bond motifs is 1. The molecule has 0 saturated carbocycles. The third kappa shape index (κ3) is 4.97. The first kappa shape index (κ1) is 22.7. The Morgan fingerprint density at radius 2 is 1.85 bits per heavy atom. The van der Waals surface area contributed by atoms with Gasteiger partial charge in [0.1, 0.15) is 18.1 Å². The molecule has 0 spiro atoms. The molecule has 0 bridgehead atoms. The lowest BCUT2D eigenvalue weighted by Gasteiger charge is -2.09. The quantitative estimate of drug-likeness (QED) is 0.213. The van der Waals surface area contributed by atoms with E-state index in [4.69, 9.17) is 21.4 Å². The zero-order valence-electron chi connectivity index (χ0n) is 17.9. The average molecular weight is 477 g/mol. The van der Waals surface area contributed by atoms with Crippen molar-refractivity contribution in [3.63, 3.8) is 0 Å². The van der Waals surface area contributed by atoms with Gasteiger partial charge in [-0.1, -0.05) is 24.3 Å². The van der Waals surface area contributed by atoms with Crippen molar-refractivity contribution in [1.82, 2.24) is 20.4 Å². The lowest BCUT2D eigenvalue weighted by atomic mass is 10.1. The van der Waals surface area contributed by atoms with Gasteiger partial charge in [0.05, 0.1) is 10.9 Å². The summed E-state index contributed by atoms with van der Waals surface area (Å²) in [6.45, 7) is 4.03. The van der Waals surface area contributed by atoms with Gasteiger partial charge in [-0.25, -0.2) is 0 Å². The Morgan fingerprint density at radius 3 is 2.62 bits per heavy atom. The molecule has 9 nitrogen and oxygen atoms in total. The van der Waals surface area contributed by atoms with E-state index in [2.05, 4.69) is 22.4 Å². The predicted octanol–water partition coefficient (Wildman–Crippen LogP) is 3.49. The van der Waals surface area contributed by atoms with E-state index in [0.29, 0.717) is 22.4 Å². The van der Waals surface area contributed by atoms with Gasteiger partial charge in [0.2, 0.25) is 0 Å². The number of hydrazine groups is 1. The summed E-state index contributed by atoms with van der Waals surface area (Å²) in [6, 6.07) is 16.8. The van der Waals surface area contributed by atoms with Crippen LogP contribution in [0.3, 0.4) is 0 Å². The van der Waals surface area contributed by atoms with E-state index in [1.165, 1.54) is 28.8 Å². The Kier molecular flexibility index (Phi) is 6.69. The molecule has 0 aliphatic rings. The van der Waals surface area contributed by atoms with E-state index in [0.717, 1.165) is 0 Å². The zero-order chi connectivity index (χ0) is 24.1. The number of hydrogen-bond acceptors (Lipinski definition) is 6. The Labute approximate surface area is 198 Å². The SMILES string of the molecule is C=CCn1c(=S)[nH]c2cc(C(=O)NNC(=O)c3ccc(COc4ccccc4)o3)ccc2c1=O. The van der Waals surface area contributed by atoms with Crippen LogP contribution in [0.1, 0.15) is 26.7 Å². The molecule has 4 aromatic rings. The van der Waals surface area contributed by atoms with E-state index in [1.54, 1.807) is 12.1 Å². The fourth-order valence-electron chi connectivity index (χ4n) is 3.19. The minimum absolute atomic E-state index is 0.0114. The number of furan rings is 1. The number of aromatic nitrogens is 2. The normalized spacial score (nSPS) is 10.6. The Bertz CT molecular complexity index is 1490. The highest BCUT2D eigenvalue weighted by Gasteiger charge is 2.14. The van der Waals surface area contributed by atoms with Crippen molar-refractivity contribution in [2.45, 2.75) is 13.2 Å². The summed E-state index contributed by atoms with van der Waals surface area (Å²) in [6.07, 6.45) is 1.57. The number of carbonyl (C=O) groups excluding carboxylic acids is 2. The second-order valence-corrected chi connectivity index (χ2v) is 7.56. The number of allylic oxidation sites excluding steroid dienone is 1. The molecule has 2 amide bonds. The molecular formula is C24H20N4O5S. The first-order valence-corrected chi connectivity index (χ1v) is 10.6. The summed E-state index contributed by atoms with van der Waals surface area (Å²) in [4.78, 5) is 40.4. The Morgan fingerprint density at radius 1 is 1.09 bits per heavy atom. The molecule has 2 aromatic heterocycles. The number of para-hydroxylation sites is 1. The van der Waals surface area contributed by atoms with Crippen LogP contribution in [0, 0.1) is 4.77 Å². The number of hydrogen-bond donors (Lipinski definition) is 3. The third-order valence-corrected chi connectivity index (χ3v) is 5.18. The molecule has 0 saturated heterocycles. The lowest BCUT2D eigenvalue weighted by Crippen LogP contribution is -2.41. The van der Waals surface area contributed by atoms with Gasteiger partial charge < -0.3 is 14.1 Å². The molecule has 10 heteroatoms. The van der Waals surface area contributed by atoms with E-state index in [1.807, 2.05) is 30.3 Å². The number of aromatic amines is 1. The maximum atomic E-state index is 12.6. The van der Waals surface area contributed by atoms with E-state index >= 15 is 0 Å². The van der Waals surface area contributed by atoms with Gasteiger partial charge in [0.15, 0.2) is 10.5 Å². The van der Waals surface area contributed by atoms with Crippen LogP contribution in [0.2, 0.25) is 0 Å². The Balaban J connectivity index is 1.39. The molecule has 0 radical (unpaired) electrons. The van der Waals surface area contributed by atoms with Crippen molar-refractivity contribution < 1.29 is 18.7 Å². The van der Waals surface area contributed by atoms with Crippen molar-refractivity contribution in [3.05, 3.63) is 106 Å². The second-order valence-electron chi connectivity index (χ2n) is 7.17. The van der Waals surface area contributed by atoms with Crippen LogP contribution in [-0.2, 0) is 13.2 Å². The molecule has 0 atom stereocenters. The van der Waals surface area contributed by atoms with Crippen LogP contribution in [0.15, 0.2) is 82.5 Å². The van der Waals surface area contributed by atoms with Crippen LogP contribution < -0.4 is 21.1 Å². The summed E-state index contributed by atoms with van der Waals surface area (Å²) in [5, 5.41) is 0.372.